The SMILES string of the molecule is Oc1cnn(-c2ccc(Br)cc2)c1Br. The molecule has 0 aliphatic carbocycles. The molecule has 0 fully saturated rings. The number of aromatic nitrogens is 2. The number of rotatable bonds is 1. The highest BCUT2D eigenvalue weighted by atomic mass is 79.9. The summed E-state index contributed by atoms with van der Waals surface area (Å²) in [5, 5.41) is 13.3. The van der Waals surface area contributed by atoms with Crippen LogP contribution in [0.25, 0.3) is 5.69 Å². The Labute approximate surface area is 97.6 Å². The van der Waals surface area contributed by atoms with E-state index < -0.39 is 0 Å². The molecule has 1 heterocycles. The zero-order chi connectivity index (χ0) is 10.1. The summed E-state index contributed by atoms with van der Waals surface area (Å²) in [4.78, 5) is 0. The van der Waals surface area contributed by atoms with Crippen LogP contribution in [0.3, 0.4) is 0 Å². The first-order chi connectivity index (χ1) is 6.68. The molecule has 0 amide bonds. The van der Waals surface area contributed by atoms with E-state index in [0.29, 0.717) is 4.60 Å². The summed E-state index contributed by atoms with van der Waals surface area (Å²) in [5.74, 6) is 0.132. The van der Waals surface area contributed by atoms with Crippen molar-refractivity contribution in [3.05, 3.63) is 39.5 Å². The van der Waals surface area contributed by atoms with E-state index in [-0.39, 0.29) is 5.75 Å². The molecule has 2 rings (SSSR count). The number of hydrogen-bond acceptors (Lipinski definition) is 2. The van der Waals surface area contributed by atoms with Crippen LogP contribution in [0.5, 0.6) is 5.75 Å². The van der Waals surface area contributed by atoms with Gasteiger partial charge in [0.15, 0.2) is 10.4 Å². The number of hydrogen-bond donors (Lipinski definition) is 1. The second-order valence-electron chi connectivity index (χ2n) is 2.71. The Bertz CT molecular complexity index is 450. The van der Waals surface area contributed by atoms with Gasteiger partial charge in [-0.3, -0.25) is 0 Å². The highest BCUT2D eigenvalue weighted by Gasteiger charge is 2.07. The molecule has 0 saturated carbocycles. The molecule has 0 radical (unpaired) electrons. The molecule has 1 aromatic carbocycles. The van der Waals surface area contributed by atoms with E-state index in [2.05, 4.69) is 37.0 Å². The largest absolute Gasteiger partial charge is 0.504 e. The predicted octanol–water partition coefficient (Wildman–Crippen LogP) is 3.10. The summed E-state index contributed by atoms with van der Waals surface area (Å²) < 4.78 is 3.18. The van der Waals surface area contributed by atoms with Crippen molar-refractivity contribution in [2.45, 2.75) is 0 Å². The average molecular weight is 318 g/mol. The molecule has 0 atom stereocenters. The lowest BCUT2D eigenvalue weighted by molar-refractivity contribution is 0.471. The van der Waals surface area contributed by atoms with Crippen LogP contribution in [0.2, 0.25) is 0 Å². The molecule has 0 spiro atoms. The highest BCUT2D eigenvalue weighted by molar-refractivity contribution is 9.10. The van der Waals surface area contributed by atoms with Crippen molar-refractivity contribution >= 4 is 31.9 Å². The Kier molecular flexibility index (Phi) is 2.60. The molecule has 1 aromatic heterocycles. The Morgan fingerprint density at radius 3 is 2.29 bits per heavy atom. The van der Waals surface area contributed by atoms with Gasteiger partial charge in [-0.1, -0.05) is 15.9 Å². The molecule has 3 nitrogen and oxygen atoms in total. The predicted molar refractivity (Wildman–Crippen MR) is 60.6 cm³/mol. The summed E-state index contributed by atoms with van der Waals surface area (Å²) in [6, 6.07) is 7.64. The Morgan fingerprint density at radius 2 is 1.79 bits per heavy atom. The van der Waals surface area contributed by atoms with Gasteiger partial charge in [0.1, 0.15) is 0 Å². The Balaban J connectivity index is 2.49. The second kappa shape index (κ2) is 3.74. The minimum absolute atomic E-state index is 0.132. The maximum atomic E-state index is 9.32. The first kappa shape index (κ1) is 9.73. The van der Waals surface area contributed by atoms with E-state index in [1.165, 1.54) is 6.20 Å². The van der Waals surface area contributed by atoms with Crippen LogP contribution >= 0.6 is 31.9 Å². The minimum Gasteiger partial charge on any atom is -0.504 e. The van der Waals surface area contributed by atoms with E-state index >= 15 is 0 Å². The second-order valence-corrected chi connectivity index (χ2v) is 4.38. The molecular weight excluding hydrogens is 312 g/mol. The quantitative estimate of drug-likeness (QED) is 0.877. The number of aromatic hydroxyl groups is 1. The third-order valence-electron chi connectivity index (χ3n) is 1.76. The van der Waals surface area contributed by atoms with Crippen molar-refractivity contribution in [3.8, 4) is 11.4 Å². The summed E-state index contributed by atoms with van der Waals surface area (Å²) in [7, 11) is 0. The van der Waals surface area contributed by atoms with Crippen molar-refractivity contribution in [2.75, 3.05) is 0 Å². The fourth-order valence-corrected chi connectivity index (χ4v) is 1.75. The molecular formula is C9H6Br2N2O. The van der Waals surface area contributed by atoms with Gasteiger partial charge in [-0.25, -0.2) is 4.68 Å². The molecule has 0 unspecified atom stereocenters. The molecule has 2 aromatic rings. The van der Waals surface area contributed by atoms with Gasteiger partial charge in [-0.05, 0) is 40.2 Å². The van der Waals surface area contributed by atoms with Gasteiger partial charge >= 0.3 is 0 Å². The lowest BCUT2D eigenvalue weighted by Gasteiger charge is -2.02. The molecule has 1 N–H and O–H groups in total. The molecule has 0 bridgehead atoms. The summed E-state index contributed by atoms with van der Waals surface area (Å²) in [5.41, 5.74) is 0.889. The third-order valence-corrected chi connectivity index (χ3v) is 3.03. The van der Waals surface area contributed by atoms with Crippen LogP contribution in [0.15, 0.2) is 39.5 Å². The topological polar surface area (TPSA) is 38.1 Å². The number of nitrogens with zero attached hydrogens (tertiary/aromatic N) is 2. The molecule has 5 heteroatoms. The molecule has 14 heavy (non-hydrogen) atoms. The number of benzene rings is 1. The van der Waals surface area contributed by atoms with Gasteiger partial charge in [0.05, 0.1) is 11.9 Å². The average Bonchev–Trinajstić information content (AvgIpc) is 2.50. The van der Waals surface area contributed by atoms with Gasteiger partial charge in [-0.15, -0.1) is 0 Å². The van der Waals surface area contributed by atoms with Gasteiger partial charge in [0.25, 0.3) is 0 Å². The van der Waals surface area contributed by atoms with Crippen molar-refractivity contribution in [3.63, 3.8) is 0 Å². The van der Waals surface area contributed by atoms with Crippen LogP contribution in [-0.2, 0) is 0 Å². The van der Waals surface area contributed by atoms with Crippen LogP contribution < -0.4 is 0 Å². The van der Waals surface area contributed by atoms with E-state index in [1.54, 1.807) is 4.68 Å². The first-order valence-corrected chi connectivity index (χ1v) is 5.45. The lowest BCUT2D eigenvalue weighted by Crippen LogP contribution is -1.95. The van der Waals surface area contributed by atoms with Crippen molar-refractivity contribution in [2.24, 2.45) is 0 Å². The Hall–Kier alpha value is -0.810. The first-order valence-electron chi connectivity index (χ1n) is 3.87. The maximum absolute atomic E-state index is 9.32. The van der Waals surface area contributed by atoms with Crippen LogP contribution in [-0.4, -0.2) is 14.9 Å². The van der Waals surface area contributed by atoms with E-state index in [1.807, 2.05) is 24.3 Å². The highest BCUT2D eigenvalue weighted by Crippen LogP contribution is 2.26. The van der Waals surface area contributed by atoms with Gasteiger partial charge < -0.3 is 5.11 Å². The van der Waals surface area contributed by atoms with Gasteiger partial charge in [0, 0.05) is 4.47 Å². The number of halogens is 2. The zero-order valence-corrected chi connectivity index (χ0v) is 10.2. The molecule has 0 aliphatic heterocycles. The van der Waals surface area contributed by atoms with Crippen molar-refractivity contribution in [1.29, 1.82) is 0 Å². The molecule has 0 aliphatic rings. The summed E-state index contributed by atoms with van der Waals surface area (Å²) in [6.07, 6.45) is 1.39. The normalized spacial score (nSPS) is 10.4. The standard InChI is InChI=1S/C9H6Br2N2O/c10-6-1-3-7(4-2-6)13-9(11)8(14)5-12-13/h1-5,14H. The van der Waals surface area contributed by atoms with E-state index in [0.717, 1.165) is 10.2 Å². The summed E-state index contributed by atoms with van der Waals surface area (Å²) >= 11 is 6.60. The van der Waals surface area contributed by atoms with E-state index in [9.17, 15) is 5.11 Å². The fourth-order valence-electron chi connectivity index (χ4n) is 1.09. The van der Waals surface area contributed by atoms with Crippen molar-refractivity contribution in [1.82, 2.24) is 9.78 Å². The van der Waals surface area contributed by atoms with Crippen LogP contribution in [0.4, 0.5) is 0 Å². The lowest BCUT2D eigenvalue weighted by atomic mass is 10.3. The molecule has 0 saturated heterocycles. The molecule has 72 valence electrons. The van der Waals surface area contributed by atoms with Crippen molar-refractivity contribution < 1.29 is 5.11 Å². The van der Waals surface area contributed by atoms with Crippen LogP contribution in [0.1, 0.15) is 0 Å². The van der Waals surface area contributed by atoms with E-state index in [4.69, 9.17) is 0 Å². The third kappa shape index (κ3) is 1.69. The van der Waals surface area contributed by atoms with Gasteiger partial charge in [-0.2, -0.15) is 5.10 Å². The fraction of sp³-hybridized carbons (Fsp3) is 0. The minimum atomic E-state index is 0.132. The monoisotopic (exact) mass is 316 g/mol. The van der Waals surface area contributed by atoms with Crippen LogP contribution in [0, 0.1) is 0 Å². The maximum Gasteiger partial charge on any atom is 0.168 e. The summed E-state index contributed by atoms with van der Waals surface area (Å²) in [6.45, 7) is 0. The Morgan fingerprint density at radius 1 is 1.14 bits per heavy atom. The zero-order valence-electron chi connectivity index (χ0n) is 6.98. The smallest absolute Gasteiger partial charge is 0.168 e. The van der Waals surface area contributed by atoms with Gasteiger partial charge in [0.2, 0.25) is 0 Å².